The standard InChI is InChI=1S/C28H23N/c1-19-14-15-22-18-27-28(25(22)16-19)24-12-5-6-13-26(24)29(27)23-11-7-10-21(17-23)20-8-3-2-4-9-20/h2-17,27-28H,18H2,1H3. The molecule has 29 heavy (non-hydrogen) atoms. The van der Waals surface area contributed by atoms with Gasteiger partial charge in [0.1, 0.15) is 0 Å². The fourth-order valence-corrected chi connectivity index (χ4v) is 5.30. The Morgan fingerprint density at radius 2 is 1.48 bits per heavy atom. The molecule has 0 radical (unpaired) electrons. The molecule has 0 fully saturated rings. The molecule has 140 valence electrons. The summed E-state index contributed by atoms with van der Waals surface area (Å²) in [7, 11) is 0. The number of para-hydroxylation sites is 1. The Hall–Kier alpha value is -3.32. The summed E-state index contributed by atoms with van der Waals surface area (Å²) in [6.45, 7) is 2.20. The van der Waals surface area contributed by atoms with Crippen molar-refractivity contribution in [2.75, 3.05) is 4.90 Å². The molecule has 0 saturated carbocycles. The molecule has 6 rings (SSSR count). The van der Waals surface area contributed by atoms with E-state index in [1.807, 2.05) is 0 Å². The highest BCUT2D eigenvalue weighted by Crippen LogP contribution is 2.53. The molecule has 0 spiro atoms. The summed E-state index contributed by atoms with van der Waals surface area (Å²) in [6, 6.07) is 36.1. The Kier molecular flexibility index (Phi) is 3.64. The third-order valence-corrected chi connectivity index (χ3v) is 6.54. The Bertz CT molecular complexity index is 1210. The van der Waals surface area contributed by atoms with Crippen molar-refractivity contribution < 1.29 is 0 Å². The number of hydrogen-bond acceptors (Lipinski definition) is 1. The van der Waals surface area contributed by atoms with E-state index < -0.39 is 0 Å². The molecule has 0 saturated heterocycles. The molecule has 2 unspecified atom stereocenters. The highest BCUT2D eigenvalue weighted by atomic mass is 15.2. The SMILES string of the molecule is Cc1ccc2c(c1)C1c3ccccc3N(c3cccc(-c4ccccc4)c3)C1C2. The predicted octanol–water partition coefficient (Wildman–Crippen LogP) is 6.87. The van der Waals surface area contributed by atoms with Gasteiger partial charge in [0.25, 0.3) is 0 Å². The van der Waals surface area contributed by atoms with Crippen LogP contribution in [0, 0.1) is 6.92 Å². The van der Waals surface area contributed by atoms with Crippen molar-refractivity contribution in [3.8, 4) is 11.1 Å². The fraction of sp³-hybridized carbons (Fsp3) is 0.143. The van der Waals surface area contributed by atoms with E-state index in [1.54, 1.807) is 0 Å². The molecule has 1 aliphatic carbocycles. The quantitative estimate of drug-likeness (QED) is 0.370. The van der Waals surface area contributed by atoms with Crippen molar-refractivity contribution in [1.29, 1.82) is 0 Å². The van der Waals surface area contributed by atoms with E-state index in [-0.39, 0.29) is 0 Å². The summed E-state index contributed by atoms with van der Waals surface area (Å²) in [6.07, 6.45) is 1.10. The normalized spacial score (nSPS) is 19.0. The van der Waals surface area contributed by atoms with Crippen LogP contribution in [-0.4, -0.2) is 6.04 Å². The molecule has 0 amide bonds. The predicted molar refractivity (Wildman–Crippen MR) is 121 cm³/mol. The van der Waals surface area contributed by atoms with Gasteiger partial charge in [0.2, 0.25) is 0 Å². The first kappa shape index (κ1) is 16.6. The minimum absolute atomic E-state index is 0.454. The molecule has 1 heterocycles. The van der Waals surface area contributed by atoms with Crippen LogP contribution in [0.2, 0.25) is 0 Å². The van der Waals surface area contributed by atoms with Crippen LogP contribution in [0.15, 0.2) is 97.1 Å². The Morgan fingerprint density at radius 1 is 0.690 bits per heavy atom. The van der Waals surface area contributed by atoms with E-state index in [2.05, 4.69) is 109 Å². The summed E-state index contributed by atoms with van der Waals surface area (Å²) in [5, 5.41) is 0. The second-order valence-corrected chi connectivity index (χ2v) is 8.30. The Labute approximate surface area is 172 Å². The maximum Gasteiger partial charge on any atom is 0.0492 e. The van der Waals surface area contributed by atoms with Crippen LogP contribution in [0.5, 0.6) is 0 Å². The first-order valence-corrected chi connectivity index (χ1v) is 10.4. The second kappa shape index (κ2) is 6.35. The molecule has 0 aromatic heterocycles. The highest BCUT2D eigenvalue weighted by molar-refractivity contribution is 5.79. The van der Waals surface area contributed by atoms with E-state index in [1.165, 1.54) is 44.8 Å². The zero-order chi connectivity index (χ0) is 19.4. The Balaban J connectivity index is 1.50. The lowest BCUT2D eigenvalue weighted by atomic mass is 9.92. The van der Waals surface area contributed by atoms with Crippen molar-refractivity contribution >= 4 is 11.4 Å². The lowest BCUT2D eigenvalue weighted by Gasteiger charge is -2.27. The largest absolute Gasteiger partial charge is 0.337 e. The van der Waals surface area contributed by atoms with Gasteiger partial charge < -0.3 is 4.90 Å². The zero-order valence-corrected chi connectivity index (χ0v) is 16.5. The summed E-state index contributed by atoms with van der Waals surface area (Å²) >= 11 is 0. The third kappa shape index (κ3) is 2.54. The molecule has 0 bridgehead atoms. The number of benzene rings is 4. The van der Waals surface area contributed by atoms with Crippen molar-refractivity contribution in [3.05, 3.63) is 119 Å². The first-order chi connectivity index (χ1) is 14.3. The summed E-state index contributed by atoms with van der Waals surface area (Å²) in [5.74, 6) is 0.460. The lowest BCUT2D eigenvalue weighted by molar-refractivity contribution is 0.668. The van der Waals surface area contributed by atoms with Crippen molar-refractivity contribution in [2.45, 2.75) is 25.3 Å². The van der Waals surface area contributed by atoms with E-state index >= 15 is 0 Å². The van der Waals surface area contributed by atoms with E-state index in [0.29, 0.717) is 12.0 Å². The average Bonchev–Trinajstić information content (AvgIpc) is 3.28. The second-order valence-electron chi connectivity index (χ2n) is 8.30. The summed E-state index contributed by atoms with van der Waals surface area (Å²) in [5.41, 5.74) is 11.0. The topological polar surface area (TPSA) is 3.24 Å². The Morgan fingerprint density at radius 3 is 2.38 bits per heavy atom. The van der Waals surface area contributed by atoms with Crippen LogP contribution in [0.1, 0.15) is 28.2 Å². The molecule has 4 aromatic carbocycles. The van der Waals surface area contributed by atoms with E-state index in [9.17, 15) is 0 Å². The minimum Gasteiger partial charge on any atom is -0.337 e. The molecule has 2 aliphatic rings. The monoisotopic (exact) mass is 373 g/mol. The summed E-state index contributed by atoms with van der Waals surface area (Å²) in [4.78, 5) is 2.59. The summed E-state index contributed by atoms with van der Waals surface area (Å²) < 4.78 is 0. The molecule has 1 heteroatoms. The van der Waals surface area contributed by atoms with Gasteiger partial charge in [-0.15, -0.1) is 0 Å². The lowest BCUT2D eigenvalue weighted by Crippen LogP contribution is -2.28. The maximum atomic E-state index is 2.59. The number of hydrogen-bond donors (Lipinski definition) is 0. The highest BCUT2D eigenvalue weighted by Gasteiger charge is 2.44. The average molecular weight is 373 g/mol. The molecule has 0 N–H and O–H groups in total. The molecule has 4 aromatic rings. The van der Waals surface area contributed by atoms with Crippen LogP contribution in [0.3, 0.4) is 0 Å². The zero-order valence-electron chi connectivity index (χ0n) is 16.5. The minimum atomic E-state index is 0.454. The van der Waals surface area contributed by atoms with Gasteiger partial charge >= 0.3 is 0 Å². The van der Waals surface area contributed by atoms with Gasteiger partial charge in [0.15, 0.2) is 0 Å². The molecule has 2 atom stereocenters. The van der Waals surface area contributed by atoms with Gasteiger partial charge in [0, 0.05) is 23.3 Å². The third-order valence-electron chi connectivity index (χ3n) is 6.54. The molecule has 1 nitrogen and oxygen atoms in total. The van der Waals surface area contributed by atoms with Crippen LogP contribution in [0.25, 0.3) is 11.1 Å². The first-order valence-electron chi connectivity index (χ1n) is 10.4. The van der Waals surface area contributed by atoms with Gasteiger partial charge in [-0.3, -0.25) is 0 Å². The van der Waals surface area contributed by atoms with Crippen molar-refractivity contribution in [2.24, 2.45) is 0 Å². The number of nitrogens with zero attached hydrogens (tertiary/aromatic N) is 1. The van der Waals surface area contributed by atoms with Crippen LogP contribution in [0.4, 0.5) is 11.4 Å². The van der Waals surface area contributed by atoms with Gasteiger partial charge in [-0.25, -0.2) is 0 Å². The van der Waals surface area contributed by atoms with Crippen LogP contribution >= 0.6 is 0 Å². The van der Waals surface area contributed by atoms with Crippen molar-refractivity contribution in [1.82, 2.24) is 0 Å². The number of anilines is 2. The van der Waals surface area contributed by atoms with Gasteiger partial charge in [0.05, 0.1) is 0 Å². The molecular formula is C28H23N. The van der Waals surface area contributed by atoms with E-state index in [4.69, 9.17) is 0 Å². The van der Waals surface area contributed by atoms with Gasteiger partial charge in [-0.2, -0.15) is 0 Å². The maximum absolute atomic E-state index is 2.59. The van der Waals surface area contributed by atoms with Crippen LogP contribution in [-0.2, 0) is 6.42 Å². The van der Waals surface area contributed by atoms with Gasteiger partial charge in [-0.05, 0) is 59.4 Å². The number of aryl methyl sites for hydroxylation is 1. The number of fused-ring (bicyclic) bond motifs is 5. The smallest absolute Gasteiger partial charge is 0.0492 e. The number of rotatable bonds is 2. The fourth-order valence-electron chi connectivity index (χ4n) is 5.30. The molecule has 1 aliphatic heterocycles. The van der Waals surface area contributed by atoms with Crippen molar-refractivity contribution in [3.63, 3.8) is 0 Å². The van der Waals surface area contributed by atoms with Crippen LogP contribution < -0.4 is 4.90 Å². The van der Waals surface area contributed by atoms with Gasteiger partial charge in [-0.1, -0.05) is 84.4 Å². The molecular weight excluding hydrogens is 350 g/mol. The van der Waals surface area contributed by atoms with E-state index in [0.717, 1.165) is 6.42 Å².